The number of carbonyl (C=O) groups excluding carboxylic acids is 1. The molecule has 0 atom stereocenters. The van der Waals surface area contributed by atoms with Crippen LogP contribution >= 0.6 is 23.2 Å². The minimum atomic E-state index is -3.86. The lowest BCUT2D eigenvalue weighted by molar-refractivity contribution is -0.116. The second kappa shape index (κ2) is 9.90. The molecule has 0 spiro atoms. The van der Waals surface area contributed by atoms with Gasteiger partial charge in [-0.05, 0) is 62.9 Å². The first-order valence-corrected chi connectivity index (χ1v) is 12.6. The van der Waals surface area contributed by atoms with Crippen molar-refractivity contribution in [1.29, 1.82) is 0 Å². The summed E-state index contributed by atoms with van der Waals surface area (Å²) in [5.74, 6) is -0.430. The summed E-state index contributed by atoms with van der Waals surface area (Å²) in [5, 5.41) is 3.50. The fourth-order valence-corrected chi connectivity index (χ4v) is 6.90. The number of carbonyl (C=O) groups is 1. The fraction of sp³-hybridized carbons (Fsp3) is 0.435. The Labute approximate surface area is 194 Å². The van der Waals surface area contributed by atoms with Gasteiger partial charge in [-0.15, -0.1) is 0 Å². The molecule has 168 valence electrons. The maximum atomic E-state index is 13.8. The zero-order chi connectivity index (χ0) is 22.8. The molecule has 1 aliphatic carbocycles. The Morgan fingerprint density at radius 2 is 1.65 bits per heavy atom. The molecule has 5 nitrogen and oxygen atoms in total. The van der Waals surface area contributed by atoms with Gasteiger partial charge in [0.15, 0.2) is 0 Å². The van der Waals surface area contributed by atoms with Crippen molar-refractivity contribution in [3.8, 4) is 0 Å². The molecular formula is C23H28Cl2N2O3S. The van der Waals surface area contributed by atoms with Crippen LogP contribution < -0.4 is 5.32 Å². The Morgan fingerprint density at radius 3 is 2.23 bits per heavy atom. The average molecular weight is 483 g/mol. The van der Waals surface area contributed by atoms with Crippen LogP contribution in [-0.2, 0) is 14.8 Å². The standard InChI is InChI=1S/C23H28Cl2N2O3S/c1-15-11-16(2)23(17(3)12-15)31(29,30)27(19-7-5-4-6-8-19)14-22(28)26-21-10-9-18(24)13-20(21)25/h9-13,19H,4-8,14H2,1-3H3,(H,26,28). The number of sulfonamides is 1. The van der Waals surface area contributed by atoms with E-state index in [0.717, 1.165) is 37.7 Å². The summed E-state index contributed by atoms with van der Waals surface area (Å²) in [7, 11) is -3.86. The topological polar surface area (TPSA) is 66.5 Å². The molecule has 1 amide bonds. The van der Waals surface area contributed by atoms with Crippen molar-refractivity contribution in [2.24, 2.45) is 0 Å². The summed E-state index contributed by atoms with van der Waals surface area (Å²) < 4.78 is 29.0. The van der Waals surface area contributed by atoms with Crippen molar-refractivity contribution in [3.63, 3.8) is 0 Å². The molecule has 1 fully saturated rings. The quantitative estimate of drug-likeness (QED) is 0.558. The minimum Gasteiger partial charge on any atom is -0.324 e. The lowest BCUT2D eigenvalue weighted by atomic mass is 9.95. The van der Waals surface area contributed by atoms with Crippen molar-refractivity contribution in [2.45, 2.75) is 63.8 Å². The van der Waals surface area contributed by atoms with Crippen molar-refractivity contribution in [1.82, 2.24) is 4.31 Å². The molecule has 31 heavy (non-hydrogen) atoms. The molecular weight excluding hydrogens is 455 g/mol. The summed E-state index contributed by atoms with van der Waals surface area (Å²) in [6.07, 6.45) is 4.48. The van der Waals surface area contributed by atoms with Crippen LogP contribution in [0.25, 0.3) is 0 Å². The minimum absolute atomic E-state index is 0.203. The Kier molecular flexibility index (Phi) is 7.68. The van der Waals surface area contributed by atoms with E-state index in [1.807, 2.05) is 19.1 Å². The van der Waals surface area contributed by atoms with Crippen molar-refractivity contribution in [3.05, 3.63) is 57.1 Å². The molecule has 0 saturated heterocycles. The van der Waals surface area contributed by atoms with E-state index in [2.05, 4.69) is 5.32 Å². The molecule has 0 bridgehead atoms. The van der Waals surface area contributed by atoms with Gasteiger partial charge in [0.2, 0.25) is 15.9 Å². The number of halogens is 2. The molecule has 2 aromatic carbocycles. The lowest BCUT2D eigenvalue weighted by Crippen LogP contribution is -2.46. The number of amides is 1. The van der Waals surface area contributed by atoms with Crippen LogP contribution in [-0.4, -0.2) is 31.2 Å². The second-order valence-electron chi connectivity index (χ2n) is 8.24. The van der Waals surface area contributed by atoms with Crippen LogP contribution in [0.4, 0.5) is 5.69 Å². The predicted octanol–water partition coefficient (Wildman–Crippen LogP) is 5.88. The molecule has 1 saturated carbocycles. The van der Waals surface area contributed by atoms with E-state index < -0.39 is 15.9 Å². The highest BCUT2D eigenvalue weighted by Crippen LogP contribution is 2.32. The predicted molar refractivity (Wildman–Crippen MR) is 127 cm³/mol. The molecule has 1 aliphatic rings. The third-order valence-electron chi connectivity index (χ3n) is 5.66. The van der Waals surface area contributed by atoms with Crippen LogP contribution in [0.3, 0.4) is 0 Å². The van der Waals surface area contributed by atoms with Crippen molar-refractivity contribution >= 4 is 44.8 Å². The Morgan fingerprint density at radius 1 is 1.03 bits per heavy atom. The van der Waals surface area contributed by atoms with Gasteiger partial charge in [-0.3, -0.25) is 4.79 Å². The Balaban J connectivity index is 1.94. The van der Waals surface area contributed by atoms with Gasteiger partial charge in [0, 0.05) is 11.1 Å². The maximum absolute atomic E-state index is 13.8. The first-order valence-electron chi connectivity index (χ1n) is 10.4. The Hall–Kier alpha value is -1.60. The smallest absolute Gasteiger partial charge is 0.244 e. The number of anilines is 1. The first-order chi connectivity index (χ1) is 14.6. The zero-order valence-electron chi connectivity index (χ0n) is 18.0. The highest BCUT2D eigenvalue weighted by Gasteiger charge is 2.35. The number of benzene rings is 2. The van der Waals surface area contributed by atoms with Gasteiger partial charge >= 0.3 is 0 Å². The van der Waals surface area contributed by atoms with Gasteiger partial charge in [0.1, 0.15) is 0 Å². The second-order valence-corrected chi connectivity index (χ2v) is 10.9. The molecule has 0 radical (unpaired) electrons. The number of hydrogen-bond acceptors (Lipinski definition) is 3. The van der Waals surface area contributed by atoms with Gasteiger partial charge < -0.3 is 5.32 Å². The van der Waals surface area contributed by atoms with Crippen LogP contribution in [0.15, 0.2) is 35.2 Å². The Bertz CT molecular complexity index is 1060. The van der Waals surface area contributed by atoms with E-state index in [4.69, 9.17) is 23.2 Å². The largest absolute Gasteiger partial charge is 0.324 e. The lowest BCUT2D eigenvalue weighted by Gasteiger charge is -2.33. The number of rotatable bonds is 6. The SMILES string of the molecule is Cc1cc(C)c(S(=O)(=O)N(CC(=O)Nc2ccc(Cl)cc2Cl)C2CCCCC2)c(C)c1. The molecule has 0 aromatic heterocycles. The highest BCUT2D eigenvalue weighted by molar-refractivity contribution is 7.89. The number of aryl methyl sites for hydroxylation is 3. The van der Waals surface area contributed by atoms with E-state index in [-0.39, 0.29) is 12.6 Å². The summed E-state index contributed by atoms with van der Waals surface area (Å²) in [6, 6.07) is 8.30. The maximum Gasteiger partial charge on any atom is 0.244 e. The zero-order valence-corrected chi connectivity index (χ0v) is 20.4. The fourth-order valence-electron chi connectivity index (χ4n) is 4.39. The van der Waals surface area contributed by atoms with Crippen molar-refractivity contribution in [2.75, 3.05) is 11.9 Å². The van der Waals surface area contributed by atoms with Gasteiger partial charge in [0.25, 0.3) is 0 Å². The molecule has 8 heteroatoms. The van der Waals surface area contributed by atoms with E-state index in [1.54, 1.807) is 26.0 Å². The van der Waals surface area contributed by atoms with E-state index in [0.29, 0.717) is 31.8 Å². The normalized spacial score (nSPS) is 15.3. The third kappa shape index (κ3) is 5.61. The summed E-state index contributed by atoms with van der Waals surface area (Å²) in [4.78, 5) is 13.2. The summed E-state index contributed by atoms with van der Waals surface area (Å²) in [6.45, 7) is 5.29. The average Bonchev–Trinajstić information content (AvgIpc) is 2.68. The highest BCUT2D eigenvalue weighted by atomic mass is 35.5. The van der Waals surface area contributed by atoms with E-state index in [9.17, 15) is 13.2 Å². The summed E-state index contributed by atoms with van der Waals surface area (Å²) in [5.41, 5.74) is 2.80. The molecule has 3 rings (SSSR count). The molecule has 0 heterocycles. The molecule has 2 aromatic rings. The van der Waals surface area contributed by atoms with E-state index >= 15 is 0 Å². The van der Waals surface area contributed by atoms with Crippen LogP contribution in [0.1, 0.15) is 48.8 Å². The van der Waals surface area contributed by atoms with E-state index in [1.165, 1.54) is 10.4 Å². The van der Waals surface area contributed by atoms with Crippen LogP contribution in [0.2, 0.25) is 10.0 Å². The van der Waals surface area contributed by atoms with Gasteiger partial charge in [-0.2, -0.15) is 4.31 Å². The van der Waals surface area contributed by atoms with Gasteiger partial charge in [-0.25, -0.2) is 8.42 Å². The molecule has 0 unspecified atom stereocenters. The van der Waals surface area contributed by atoms with Gasteiger partial charge in [0.05, 0.1) is 22.2 Å². The van der Waals surface area contributed by atoms with Crippen molar-refractivity contribution < 1.29 is 13.2 Å². The third-order valence-corrected chi connectivity index (χ3v) is 8.41. The van der Waals surface area contributed by atoms with Crippen LogP contribution in [0, 0.1) is 20.8 Å². The monoisotopic (exact) mass is 482 g/mol. The molecule has 1 N–H and O–H groups in total. The molecule has 0 aliphatic heterocycles. The number of hydrogen-bond donors (Lipinski definition) is 1. The van der Waals surface area contributed by atoms with Gasteiger partial charge in [-0.1, -0.05) is 60.2 Å². The van der Waals surface area contributed by atoms with Crippen LogP contribution in [0.5, 0.6) is 0 Å². The first kappa shape index (κ1) is 24.1. The summed E-state index contributed by atoms with van der Waals surface area (Å²) >= 11 is 12.1. The number of nitrogens with one attached hydrogen (secondary N) is 1. The number of nitrogens with zero attached hydrogens (tertiary/aromatic N) is 1.